The van der Waals surface area contributed by atoms with Gasteiger partial charge in [-0.1, -0.05) is 20.8 Å². The zero-order valence-electron chi connectivity index (χ0n) is 18.2. The Bertz CT molecular complexity index is 703. The average molecular weight is 421 g/mol. The van der Waals surface area contributed by atoms with E-state index in [0.717, 1.165) is 64.8 Å². The second kappa shape index (κ2) is 8.94. The SMILES string of the molecule is CCc1cc2c(s1)CCOC21CCN(CC2CC(NC(=O)OCC(C)C)C2)CC1. The molecule has 162 valence electrons. The van der Waals surface area contributed by atoms with E-state index in [4.69, 9.17) is 9.47 Å². The fourth-order valence-corrected chi connectivity index (χ4v) is 6.15. The topological polar surface area (TPSA) is 50.8 Å². The van der Waals surface area contributed by atoms with Gasteiger partial charge in [0.1, 0.15) is 0 Å². The van der Waals surface area contributed by atoms with E-state index >= 15 is 0 Å². The van der Waals surface area contributed by atoms with Gasteiger partial charge in [0, 0.05) is 41.9 Å². The van der Waals surface area contributed by atoms with E-state index in [9.17, 15) is 4.79 Å². The molecule has 0 radical (unpaired) electrons. The van der Waals surface area contributed by atoms with Crippen molar-refractivity contribution in [3.05, 3.63) is 21.4 Å². The van der Waals surface area contributed by atoms with Crippen LogP contribution in [-0.2, 0) is 27.9 Å². The standard InChI is InChI=1S/C23H36N2O3S/c1-4-19-13-20-21(29-19)5-10-28-23(20)6-8-25(9-7-23)14-17-11-18(12-17)24-22(26)27-15-16(2)3/h13,16-18H,4-12,14-15H2,1-3H3,(H,24,26). The van der Waals surface area contributed by atoms with E-state index in [1.165, 1.54) is 10.4 Å². The first-order chi connectivity index (χ1) is 14.0. The van der Waals surface area contributed by atoms with Gasteiger partial charge in [-0.3, -0.25) is 0 Å². The number of ether oxygens (including phenoxy) is 2. The van der Waals surface area contributed by atoms with E-state index in [2.05, 4.69) is 37.1 Å². The molecule has 2 aliphatic heterocycles. The Morgan fingerprint density at radius 3 is 2.83 bits per heavy atom. The van der Waals surface area contributed by atoms with Crippen molar-refractivity contribution in [2.45, 2.75) is 70.9 Å². The third-order valence-electron chi connectivity index (χ3n) is 6.69. The maximum absolute atomic E-state index is 11.8. The molecule has 0 atom stereocenters. The van der Waals surface area contributed by atoms with E-state index in [1.54, 1.807) is 4.88 Å². The maximum Gasteiger partial charge on any atom is 0.407 e. The molecule has 1 spiro atoms. The minimum absolute atomic E-state index is 0.0299. The molecule has 1 saturated carbocycles. The van der Waals surface area contributed by atoms with Crippen LogP contribution in [0.15, 0.2) is 6.07 Å². The molecule has 1 aliphatic carbocycles. The summed E-state index contributed by atoms with van der Waals surface area (Å²) < 4.78 is 11.6. The van der Waals surface area contributed by atoms with Crippen molar-refractivity contribution in [1.82, 2.24) is 10.2 Å². The molecular weight excluding hydrogens is 384 g/mol. The predicted octanol–water partition coefficient (Wildman–Crippen LogP) is 4.34. The highest BCUT2D eigenvalue weighted by Crippen LogP contribution is 2.45. The van der Waals surface area contributed by atoms with Crippen LogP contribution in [0, 0.1) is 11.8 Å². The van der Waals surface area contributed by atoms with Gasteiger partial charge in [-0.2, -0.15) is 0 Å². The van der Waals surface area contributed by atoms with Crippen LogP contribution in [0.3, 0.4) is 0 Å². The number of alkyl carbamates (subject to hydrolysis) is 1. The smallest absolute Gasteiger partial charge is 0.407 e. The predicted molar refractivity (Wildman–Crippen MR) is 117 cm³/mol. The monoisotopic (exact) mass is 420 g/mol. The summed E-state index contributed by atoms with van der Waals surface area (Å²) >= 11 is 2.00. The van der Waals surface area contributed by atoms with Crippen LogP contribution >= 0.6 is 11.3 Å². The van der Waals surface area contributed by atoms with Crippen LogP contribution in [0.2, 0.25) is 0 Å². The van der Waals surface area contributed by atoms with E-state index < -0.39 is 0 Å². The number of nitrogens with one attached hydrogen (secondary N) is 1. The number of rotatable bonds is 6. The number of fused-ring (bicyclic) bond motifs is 2. The normalized spacial score (nSPS) is 26.2. The highest BCUT2D eigenvalue weighted by atomic mass is 32.1. The molecule has 2 fully saturated rings. The Morgan fingerprint density at radius 1 is 1.38 bits per heavy atom. The van der Waals surface area contributed by atoms with Crippen molar-refractivity contribution >= 4 is 17.4 Å². The molecule has 4 rings (SSSR count). The van der Waals surface area contributed by atoms with E-state index in [1.807, 2.05) is 11.3 Å². The van der Waals surface area contributed by atoms with Crippen molar-refractivity contribution < 1.29 is 14.3 Å². The second-order valence-corrected chi connectivity index (χ2v) is 10.7. The number of thiophene rings is 1. The molecule has 29 heavy (non-hydrogen) atoms. The molecule has 1 N–H and O–H groups in total. The summed E-state index contributed by atoms with van der Waals surface area (Å²) in [7, 11) is 0. The summed E-state index contributed by atoms with van der Waals surface area (Å²) in [5, 5.41) is 3.01. The molecule has 0 bridgehead atoms. The van der Waals surface area contributed by atoms with Gasteiger partial charge in [-0.25, -0.2) is 4.79 Å². The highest BCUT2D eigenvalue weighted by molar-refractivity contribution is 7.12. The van der Waals surface area contributed by atoms with Crippen molar-refractivity contribution in [3.8, 4) is 0 Å². The molecular formula is C23H36N2O3S. The summed E-state index contributed by atoms with van der Waals surface area (Å²) in [6.45, 7) is 11.1. The first-order valence-corrected chi connectivity index (χ1v) is 12.2. The molecule has 1 saturated heterocycles. The number of carbonyl (C=O) groups excluding carboxylic acids is 1. The third-order valence-corrected chi connectivity index (χ3v) is 8.03. The van der Waals surface area contributed by atoms with Gasteiger partial charge >= 0.3 is 6.09 Å². The van der Waals surface area contributed by atoms with E-state index in [0.29, 0.717) is 24.5 Å². The molecule has 1 aromatic rings. The van der Waals surface area contributed by atoms with Gasteiger partial charge in [-0.15, -0.1) is 11.3 Å². The molecule has 3 heterocycles. The third kappa shape index (κ3) is 4.80. The molecule has 3 aliphatic rings. The lowest BCUT2D eigenvalue weighted by molar-refractivity contribution is -0.0996. The summed E-state index contributed by atoms with van der Waals surface area (Å²) in [6, 6.07) is 2.72. The molecule has 5 nitrogen and oxygen atoms in total. The maximum atomic E-state index is 11.8. The number of hydrogen-bond acceptors (Lipinski definition) is 5. The number of likely N-dealkylation sites (tertiary alicyclic amines) is 1. The van der Waals surface area contributed by atoms with Crippen LogP contribution in [-0.4, -0.2) is 49.9 Å². The summed E-state index contributed by atoms with van der Waals surface area (Å²) in [4.78, 5) is 17.5. The Morgan fingerprint density at radius 2 is 2.14 bits per heavy atom. The van der Waals surface area contributed by atoms with Crippen LogP contribution in [0.5, 0.6) is 0 Å². The largest absolute Gasteiger partial charge is 0.449 e. The van der Waals surface area contributed by atoms with Crippen LogP contribution in [0.1, 0.15) is 61.8 Å². The van der Waals surface area contributed by atoms with Crippen LogP contribution in [0.25, 0.3) is 0 Å². The summed E-state index contributed by atoms with van der Waals surface area (Å²) in [5.74, 6) is 1.07. The first kappa shape index (κ1) is 21.1. The number of carbonyl (C=O) groups is 1. The molecule has 1 amide bonds. The van der Waals surface area contributed by atoms with Crippen molar-refractivity contribution in [1.29, 1.82) is 0 Å². The van der Waals surface area contributed by atoms with Crippen molar-refractivity contribution in [3.63, 3.8) is 0 Å². The number of aryl methyl sites for hydroxylation is 1. The van der Waals surface area contributed by atoms with Crippen molar-refractivity contribution in [2.24, 2.45) is 11.8 Å². The van der Waals surface area contributed by atoms with Gasteiger partial charge in [0.25, 0.3) is 0 Å². The Hall–Kier alpha value is -1.11. The molecule has 0 aromatic carbocycles. The van der Waals surface area contributed by atoms with Gasteiger partial charge in [-0.05, 0) is 55.6 Å². The first-order valence-electron chi connectivity index (χ1n) is 11.4. The molecule has 6 heteroatoms. The van der Waals surface area contributed by atoms with Gasteiger partial charge in [0.05, 0.1) is 18.8 Å². The summed E-state index contributed by atoms with van der Waals surface area (Å²) in [6.07, 6.45) is 6.32. The lowest BCUT2D eigenvalue weighted by Crippen LogP contribution is -2.51. The van der Waals surface area contributed by atoms with Gasteiger partial charge < -0.3 is 19.7 Å². The Kier molecular flexibility index (Phi) is 6.52. The fourth-order valence-electron chi connectivity index (χ4n) is 4.98. The van der Waals surface area contributed by atoms with Gasteiger partial charge in [0.15, 0.2) is 0 Å². The number of hydrogen-bond donors (Lipinski definition) is 1. The number of piperidine rings is 1. The van der Waals surface area contributed by atoms with Crippen LogP contribution < -0.4 is 5.32 Å². The lowest BCUT2D eigenvalue weighted by atomic mass is 9.78. The zero-order chi connectivity index (χ0) is 20.4. The van der Waals surface area contributed by atoms with Crippen molar-refractivity contribution in [2.75, 3.05) is 32.8 Å². The number of nitrogens with zero attached hydrogens (tertiary/aromatic N) is 1. The highest BCUT2D eigenvalue weighted by Gasteiger charge is 2.42. The fraction of sp³-hybridized carbons (Fsp3) is 0.783. The quantitative estimate of drug-likeness (QED) is 0.744. The summed E-state index contributed by atoms with van der Waals surface area (Å²) in [5.41, 5.74) is 1.47. The molecule has 1 aromatic heterocycles. The Balaban J connectivity index is 1.21. The van der Waals surface area contributed by atoms with E-state index in [-0.39, 0.29) is 11.7 Å². The second-order valence-electron chi connectivity index (χ2n) is 9.47. The zero-order valence-corrected chi connectivity index (χ0v) is 19.0. The average Bonchev–Trinajstić information content (AvgIpc) is 3.11. The lowest BCUT2D eigenvalue weighted by Gasteiger charge is -2.46. The van der Waals surface area contributed by atoms with Crippen LogP contribution in [0.4, 0.5) is 4.79 Å². The number of amides is 1. The molecule has 0 unspecified atom stereocenters. The van der Waals surface area contributed by atoms with Gasteiger partial charge in [0.2, 0.25) is 0 Å². The minimum Gasteiger partial charge on any atom is -0.449 e. The minimum atomic E-state index is -0.255. The Labute approximate surface area is 179 Å².